The quantitative estimate of drug-likeness (QED) is 0.907. The lowest BCUT2D eigenvalue weighted by Crippen LogP contribution is -2.57. The van der Waals surface area contributed by atoms with Crippen LogP contribution in [0.15, 0.2) is 17.5 Å². The maximum Gasteiger partial charge on any atom is 0.255 e. The molecule has 124 valence electrons. The van der Waals surface area contributed by atoms with E-state index < -0.39 is 5.60 Å². The van der Waals surface area contributed by atoms with E-state index in [2.05, 4.69) is 11.4 Å². The van der Waals surface area contributed by atoms with Crippen molar-refractivity contribution in [3.63, 3.8) is 0 Å². The second-order valence-corrected chi connectivity index (χ2v) is 6.55. The van der Waals surface area contributed by atoms with Crippen LogP contribution in [0.4, 0.5) is 0 Å². The predicted octanol–water partition coefficient (Wildman–Crippen LogP) is 1.84. The lowest BCUT2D eigenvalue weighted by atomic mass is 9.90. The molecule has 0 saturated carbocycles. The summed E-state index contributed by atoms with van der Waals surface area (Å²) in [4.78, 5) is 16.0. The van der Waals surface area contributed by atoms with Gasteiger partial charge in [0.2, 0.25) is 0 Å². The number of halogens is 1. The zero-order valence-corrected chi connectivity index (χ0v) is 14.4. The van der Waals surface area contributed by atoms with E-state index in [0.717, 1.165) is 25.9 Å². The van der Waals surface area contributed by atoms with Gasteiger partial charge in [-0.3, -0.25) is 4.79 Å². The molecule has 2 fully saturated rings. The van der Waals surface area contributed by atoms with E-state index in [4.69, 9.17) is 9.47 Å². The molecule has 1 unspecified atom stereocenters. The molecule has 0 bridgehead atoms. The fraction of sp³-hybridized carbons (Fsp3) is 0.667. The summed E-state index contributed by atoms with van der Waals surface area (Å²) in [7, 11) is 1.65. The van der Waals surface area contributed by atoms with Crippen LogP contribution in [0.25, 0.3) is 0 Å². The number of amides is 1. The maximum absolute atomic E-state index is 12.9. The molecule has 1 aromatic heterocycles. The van der Waals surface area contributed by atoms with E-state index in [0.29, 0.717) is 19.7 Å². The molecular formula is C15H23ClN2O3S. The lowest BCUT2D eigenvalue weighted by Gasteiger charge is -2.41. The molecule has 2 saturated heterocycles. The Bertz CT molecular complexity index is 477. The highest BCUT2D eigenvalue weighted by atomic mass is 35.5. The SMILES string of the molecule is COC1(C(=O)N2CCOC(c3cccs3)C2)CCNCC1.Cl. The van der Waals surface area contributed by atoms with Crippen molar-refractivity contribution < 1.29 is 14.3 Å². The summed E-state index contributed by atoms with van der Waals surface area (Å²) in [6, 6.07) is 4.09. The summed E-state index contributed by atoms with van der Waals surface area (Å²) in [6.45, 7) is 3.53. The Morgan fingerprint density at radius 2 is 2.27 bits per heavy atom. The lowest BCUT2D eigenvalue weighted by molar-refractivity contribution is -0.165. The molecule has 1 aromatic rings. The van der Waals surface area contributed by atoms with Gasteiger partial charge in [-0.2, -0.15) is 0 Å². The van der Waals surface area contributed by atoms with Crippen LogP contribution in [-0.2, 0) is 14.3 Å². The van der Waals surface area contributed by atoms with Crippen molar-refractivity contribution in [2.75, 3.05) is 39.9 Å². The third kappa shape index (κ3) is 3.46. The fourth-order valence-corrected chi connectivity index (χ4v) is 3.87. The average Bonchev–Trinajstić information content (AvgIpc) is 3.09. The van der Waals surface area contributed by atoms with E-state index in [1.54, 1.807) is 18.4 Å². The number of nitrogens with zero attached hydrogens (tertiary/aromatic N) is 1. The number of hydrogen-bond acceptors (Lipinski definition) is 5. The normalized spacial score (nSPS) is 24.6. The Morgan fingerprint density at radius 3 is 2.91 bits per heavy atom. The Balaban J connectivity index is 0.00000176. The number of morpholine rings is 1. The largest absolute Gasteiger partial charge is 0.369 e. The highest BCUT2D eigenvalue weighted by Crippen LogP contribution is 2.30. The zero-order chi connectivity index (χ0) is 14.7. The molecule has 0 spiro atoms. The molecule has 1 N–H and O–H groups in total. The number of methoxy groups -OCH3 is 1. The first-order valence-corrected chi connectivity index (χ1v) is 8.33. The molecule has 7 heteroatoms. The number of carbonyl (C=O) groups excluding carboxylic acids is 1. The van der Waals surface area contributed by atoms with Gasteiger partial charge in [0.15, 0.2) is 0 Å². The summed E-state index contributed by atoms with van der Waals surface area (Å²) < 4.78 is 11.5. The Labute approximate surface area is 141 Å². The summed E-state index contributed by atoms with van der Waals surface area (Å²) >= 11 is 1.68. The van der Waals surface area contributed by atoms with Gasteiger partial charge in [-0.05, 0) is 37.4 Å². The summed E-state index contributed by atoms with van der Waals surface area (Å²) in [5.74, 6) is 0.122. The van der Waals surface area contributed by atoms with E-state index in [1.807, 2.05) is 16.3 Å². The van der Waals surface area contributed by atoms with E-state index in [-0.39, 0.29) is 24.4 Å². The third-order valence-electron chi connectivity index (χ3n) is 4.41. The van der Waals surface area contributed by atoms with Gasteiger partial charge in [-0.25, -0.2) is 0 Å². The van der Waals surface area contributed by atoms with Crippen LogP contribution in [0.1, 0.15) is 23.8 Å². The van der Waals surface area contributed by atoms with Gasteiger partial charge in [0.05, 0.1) is 13.2 Å². The molecule has 0 aromatic carbocycles. The van der Waals surface area contributed by atoms with Crippen LogP contribution in [0.5, 0.6) is 0 Å². The summed E-state index contributed by atoms with van der Waals surface area (Å²) in [6.07, 6.45) is 1.48. The molecular weight excluding hydrogens is 324 g/mol. The van der Waals surface area contributed by atoms with Gasteiger partial charge in [0.25, 0.3) is 5.91 Å². The first kappa shape index (κ1) is 17.7. The molecule has 3 rings (SSSR count). The van der Waals surface area contributed by atoms with Crippen LogP contribution in [-0.4, -0.2) is 56.3 Å². The summed E-state index contributed by atoms with van der Waals surface area (Å²) in [5, 5.41) is 5.33. The minimum atomic E-state index is -0.650. The van der Waals surface area contributed by atoms with Crippen molar-refractivity contribution in [1.82, 2.24) is 10.2 Å². The number of ether oxygens (including phenoxy) is 2. The van der Waals surface area contributed by atoms with Crippen molar-refractivity contribution in [2.24, 2.45) is 0 Å². The molecule has 2 aliphatic heterocycles. The van der Waals surface area contributed by atoms with Crippen molar-refractivity contribution in [2.45, 2.75) is 24.5 Å². The van der Waals surface area contributed by atoms with Crippen LogP contribution < -0.4 is 5.32 Å². The number of hydrogen-bond donors (Lipinski definition) is 1. The van der Waals surface area contributed by atoms with Crippen molar-refractivity contribution in [1.29, 1.82) is 0 Å². The minimum absolute atomic E-state index is 0. The second kappa shape index (κ2) is 7.75. The van der Waals surface area contributed by atoms with Gasteiger partial charge in [0, 0.05) is 18.5 Å². The molecule has 1 atom stereocenters. The van der Waals surface area contributed by atoms with Gasteiger partial charge in [0.1, 0.15) is 11.7 Å². The van der Waals surface area contributed by atoms with Crippen LogP contribution >= 0.6 is 23.7 Å². The molecule has 0 aliphatic carbocycles. The van der Waals surface area contributed by atoms with Crippen LogP contribution in [0.3, 0.4) is 0 Å². The van der Waals surface area contributed by atoms with Crippen LogP contribution in [0, 0.1) is 0 Å². The topological polar surface area (TPSA) is 50.8 Å². The smallest absolute Gasteiger partial charge is 0.255 e. The highest BCUT2D eigenvalue weighted by Gasteiger charge is 2.43. The number of nitrogens with one attached hydrogen (secondary N) is 1. The maximum atomic E-state index is 12.9. The second-order valence-electron chi connectivity index (χ2n) is 5.57. The first-order chi connectivity index (χ1) is 10.2. The zero-order valence-electron chi connectivity index (χ0n) is 12.7. The molecule has 0 radical (unpaired) electrons. The Kier molecular flexibility index (Phi) is 6.23. The molecule has 5 nitrogen and oxygen atoms in total. The Morgan fingerprint density at radius 1 is 1.50 bits per heavy atom. The van der Waals surface area contributed by atoms with E-state index >= 15 is 0 Å². The molecule has 22 heavy (non-hydrogen) atoms. The number of thiophene rings is 1. The number of carbonyl (C=O) groups is 1. The molecule has 3 heterocycles. The van der Waals surface area contributed by atoms with Crippen molar-refractivity contribution in [3.05, 3.63) is 22.4 Å². The summed E-state index contributed by atoms with van der Waals surface area (Å²) in [5.41, 5.74) is -0.650. The van der Waals surface area contributed by atoms with Crippen LogP contribution in [0.2, 0.25) is 0 Å². The van der Waals surface area contributed by atoms with Gasteiger partial charge < -0.3 is 19.7 Å². The fourth-order valence-electron chi connectivity index (χ4n) is 3.10. The van der Waals surface area contributed by atoms with Gasteiger partial charge in [-0.15, -0.1) is 23.7 Å². The van der Waals surface area contributed by atoms with Gasteiger partial charge in [-0.1, -0.05) is 6.07 Å². The standard InChI is InChI=1S/C15H22N2O3S.ClH/c1-19-15(4-6-16-7-5-15)14(18)17-8-9-20-12(11-17)13-3-2-10-21-13;/h2-3,10,12,16H,4-9,11H2,1H3;1H. The predicted molar refractivity (Wildman–Crippen MR) is 88.7 cm³/mol. The third-order valence-corrected chi connectivity index (χ3v) is 5.37. The first-order valence-electron chi connectivity index (χ1n) is 7.45. The monoisotopic (exact) mass is 346 g/mol. The van der Waals surface area contributed by atoms with Crippen molar-refractivity contribution >= 4 is 29.7 Å². The molecule has 2 aliphatic rings. The molecule has 1 amide bonds. The average molecular weight is 347 g/mol. The van der Waals surface area contributed by atoms with E-state index in [9.17, 15) is 4.79 Å². The number of rotatable bonds is 3. The van der Waals surface area contributed by atoms with Crippen molar-refractivity contribution in [3.8, 4) is 0 Å². The number of piperidine rings is 1. The highest BCUT2D eigenvalue weighted by molar-refractivity contribution is 7.10. The Hall–Kier alpha value is -0.660. The van der Waals surface area contributed by atoms with Gasteiger partial charge >= 0.3 is 0 Å². The minimum Gasteiger partial charge on any atom is -0.369 e. The van der Waals surface area contributed by atoms with E-state index in [1.165, 1.54) is 4.88 Å².